The maximum Gasteiger partial charge on any atom is 0.263 e. The molecular weight excluding hydrogens is 390 g/mol. The Kier molecular flexibility index (Phi) is 5.95. The number of rotatable bonds is 5. The summed E-state index contributed by atoms with van der Waals surface area (Å²) in [5, 5.41) is 0. The van der Waals surface area contributed by atoms with Gasteiger partial charge >= 0.3 is 0 Å². The maximum atomic E-state index is 13.9. The van der Waals surface area contributed by atoms with Crippen molar-refractivity contribution in [3.05, 3.63) is 60.2 Å². The highest BCUT2D eigenvalue weighted by atomic mass is 32.2. The van der Waals surface area contributed by atoms with Crippen LogP contribution in [0.1, 0.15) is 6.92 Å². The summed E-state index contributed by atoms with van der Waals surface area (Å²) < 4.78 is 59.1. The van der Waals surface area contributed by atoms with E-state index >= 15 is 0 Å². The normalized spacial score (nSPS) is 16.6. The molecule has 0 radical (unpaired) electrons. The van der Waals surface area contributed by atoms with Crippen LogP contribution < -0.4 is 4.74 Å². The van der Waals surface area contributed by atoms with E-state index in [-0.39, 0.29) is 32.1 Å². The molecule has 0 N–H and O–H groups in total. The minimum Gasteiger partial charge on any atom is -0.481 e. The SMILES string of the molecule is C[C@H](Oc1ccccc1)C(=O)N1CCN(S(=O)(=O)c2cc(F)ccc2F)CC1. The predicted octanol–water partition coefficient (Wildman–Crippen LogP) is 2.27. The number of hydrogen-bond acceptors (Lipinski definition) is 4. The zero-order valence-corrected chi connectivity index (χ0v) is 16.0. The average Bonchev–Trinajstić information content (AvgIpc) is 2.70. The van der Waals surface area contributed by atoms with Crippen LogP contribution in [0.3, 0.4) is 0 Å². The van der Waals surface area contributed by atoms with Gasteiger partial charge in [0.1, 0.15) is 22.3 Å². The second-order valence-corrected chi connectivity index (χ2v) is 8.28. The molecule has 0 unspecified atom stereocenters. The van der Waals surface area contributed by atoms with Crippen molar-refractivity contribution in [3.8, 4) is 5.75 Å². The summed E-state index contributed by atoms with van der Waals surface area (Å²) >= 11 is 0. The molecule has 1 aliphatic heterocycles. The fourth-order valence-corrected chi connectivity index (χ4v) is 4.47. The molecule has 0 spiro atoms. The molecule has 9 heteroatoms. The van der Waals surface area contributed by atoms with E-state index in [1.54, 1.807) is 31.2 Å². The van der Waals surface area contributed by atoms with Gasteiger partial charge in [-0.05, 0) is 37.3 Å². The first-order valence-electron chi connectivity index (χ1n) is 8.75. The average molecular weight is 410 g/mol. The number of carbonyl (C=O) groups excluding carboxylic acids is 1. The first kappa shape index (κ1) is 20.2. The molecule has 0 aromatic heterocycles. The molecule has 28 heavy (non-hydrogen) atoms. The van der Waals surface area contributed by atoms with Gasteiger partial charge in [0.2, 0.25) is 10.0 Å². The number of hydrogen-bond donors (Lipinski definition) is 0. The van der Waals surface area contributed by atoms with Gasteiger partial charge in [-0.2, -0.15) is 4.31 Å². The zero-order valence-electron chi connectivity index (χ0n) is 15.2. The number of halogens is 2. The predicted molar refractivity (Wildman–Crippen MR) is 98.2 cm³/mol. The fraction of sp³-hybridized carbons (Fsp3) is 0.316. The Balaban J connectivity index is 1.63. The van der Waals surface area contributed by atoms with Crippen LogP contribution in [0.25, 0.3) is 0 Å². The first-order chi connectivity index (χ1) is 13.3. The zero-order chi connectivity index (χ0) is 20.3. The molecular formula is C19H20F2N2O4S. The molecule has 3 rings (SSSR count). The van der Waals surface area contributed by atoms with Crippen LogP contribution in [-0.4, -0.2) is 55.8 Å². The molecule has 1 amide bonds. The molecule has 1 heterocycles. The summed E-state index contributed by atoms with van der Waals surface area (Å²) in [6.45, 7) is 1.87. The smallest absolute Gasteiger partial charge is 0.263 e. The van der Waals surface area contributed by atoms with Crippen LogP contribution in [0.5, 0.6) is 5.75 Å². The standard InChI is InChI=1S/C19H20F2N2O4S/c1-14(27-16-5-3-2-4-6-16)19(24)22-9-11-23(12-10-22)28(25,26)18-13-15(20)7-8-17(18)21/h2-8,13-14H,9-12H2,1H3/t14-/m0/s1. The molecule has 1 saturated heterocycles. The van der Waals surface area contributed by atoms with Gasteiger partial charge in [0.05, 0.1) is 0 Å². The van der Waals surface area contributed by atoms with Crippen LogP contribution in [0.4, 0.5) is 8.78 Å². The van der Waals surface area contributed by atoms with E-state index in [4.69, 9.17) is 4.74 Å². The van der Waals surface area contributed by atoms with E-state index in [9.17, 15) is 22.0 Å². The molecule has 0 saturated carbocycles. The molecule has 1 fully saturated rings. The Hall–Kier alpha value is -2.52. The second-order valence-electron chi connectivity index (χ2n) is 6.38. The van der Waals surface area contributed by atoms with Gasteiger partial charge in [0, 0.05) is 26.2 Å². The van der Waals surface area contributed by atoms with Gasteiger partial charge in [0.25, 0.3) is 5.91 Å². The third-order valence-corrected chi connectivity index (χ3v) is 6.38. The lowest BCUT2D eigenvalue weighted by Gasteiger charge is -2.35. The van der Waals surface area contributed by atoms with Gasteiger partial charge < -0.3 is 9.64 Å². The van der Waals surface area contributed by atoms with Crippen molar-refractivity contribution in [2.45, 2.75) is 17.9 Å². The van der Waals surface area contributed by atoms with E-state index in [0.717, 1.165) is 16.4 Å². The van der Waals surface area contributed by atoms with Crippen LogP contribution in [0.2, 0.25) is 0 Å². The summed E-state index contributed by atoms with van der Waals surface area (Å²) in [6, 6.07) is 11.2. The molecule has 0 bridgehead atoms. The summed E-state index contributed by atoms with van der Waals surface area (Å²) in [7, 11) is -4.18. The first-order valence-corrected chi connectivity index (χ1v) is 10.2. The number of carbonyl (C=O) groups is 1. The summed E-state index contributed by atoms with van der Waals surface area (Å²) in [6.07, 6.45) is -0.730. The number of sulfonamides is 1. The third-order valence-electron chi connectivity index (χ3n) is 4.47. The van der Waals surface area contributed by atoms with Crippen LogP contribution in [0, 0.1) is 11.6 Å². The largest absolute Gasteiger partial charge is 0.481 e. The Labute approximate surface area is 162 Å². The van der Waals surface area contributed by atoms with Crippen molar-refractivity contribution >= 4 is 15.9 Å². The molecule has 150 valence electrons. The minimum atomic E-state index is -4.18. The van der Waals surface area contributed by atoms with Crippen molar-refractivity contribution in [3.63, 3.8) is 0 Å². The van der Waals surface area contributed by atoms with Crippen molar-refractivity contribution in [1.29, 1.82) is 0 Å². The molecule has 2 aromatic rings. The Morgan fingerprint density at radius 2 is 1.68 bits per heavy atom. The van der Waals surface area contributed by atoms with Crippen LogP contribution >= 0.6 is 0 Å². The minimum absolute atomic E-state index is 0.0118. The molecule has 6 nitrogen and oxygen atoms in total. The number of nitrogens with zero attached hydrogens (tertiary/aromatic N) is 2. The molecule has 2 aromatic carbocycles. The molecule has 0 aliphatic carbocycles. The monoisotopic (exact) mass is 410 g/mol. The van der Waals surface area contributed by atoms with E-state index in [0.29, 0.717) is 11.8 Å². The Morgan fingerprint density at radius 3 is 2.32 bits per heavy atom. The van der Waals surface area contributed by atoms with Crippen molar-refractivity contribution in [2.24, 2.45) is 0 Å². The number of piperazine rings is 1. The lowest BCUT2D eigenvalue weighted by molar-refractivity contribution is -0.139. The van der Waals surface area contributed by atoms with Gasteiger partial charge in [-0.15, -0.1) is 0 Å². The van der Waals surface area contributed by atoms with E-state index < -0.39 is 32.7 Å². The Bertz CT molecular complexity index is 946. The fourth-order valence-electron chi connectivity index (χ4n) is 2.97. The second kappa shape index (κ2) is 8.24. The summed E-state index contributed by atoms with van der Waals surface area (Å²) in [5.74, 6) is -1.55. The van der Waals surface area contributed by atoms with Crippen molar-refractivity contribution < 1.29 is 26.7 Å². The van der Waals surface area contributed by atoms with Crippen molar-refractivity contribution in [1.82, 2.24) is 9.21 Å². The highest BCUT2D eigenvalue weighted by Crippen LogP contribution is 2.22. The Morgan fingerprint density at radius 1 is 1.04 bits per heavy atom. The third kappa shape index (κ3) is 4.31. The van der Waals surface area contributed by atoms with E-state index in [2.05, 4.69) is 0 Å². The number of ether oxygens (including phenoxy) is 1. The van der Waals surface area contributed by atoms with E-state index in [1.807, 2.05) is 6.07 Å². The van der Waals surface area contributed by atoms with Gasteiger partial charge in [-0.3, -0.25) is 4.79 Å². The van der Waals surface area contributed by atoms with Crippen LogP contribution in [0.15, 0.2) is 53.4 Å². The lowest BCUT2D eigenvalue weighted by Crippen LogP contribution is -2.53. The van der Waals surface area contributed by atoms with Gasteiger partial charge in [-0.25, -0.2) is 17.2 Å². The van der Waals surface area contributed by atoms with Gasteiger partial charge in [-0.1, -0.05) is 18.2 Å². The number of benzene rings is 2. The topological polar surface area (TPSA) is 66.9 Å². The van der Waals surface area contributed by atoms with E-state index in [1.165, 1.54) is 4.90 Å². The molecule has 1 aliphatic rings. The maximum absolute atomic E-state index is 13.9. The highest BCUT2D eigenvalue weighted by molar-refractivity contribution is 7.89. The number of para-hydroxylation sites is 1. The lowest BCUT2D eigenvalue weighted by atomic mass is 10.3. The number of amides is 1. The summed E-state index contributed by atoms with van der Waals surface area (Å²) in [5.41, 5.74) is 0. The molecule has 1 atom stereocenters. The van der Waals surface area contributed by atoms with Gasteiger partial charge in [0.15, 0.2) is 6.10 Å². The van der Waals surface area contributed by atoms with Crippen LogP contribution in [-0.2, 0) is 14.8 Å². The highest BCUT2D eigenvalue weighted by Gasteiger charge is 2.33. The van der Waals surface area contributed by atoms with Crippen molar-refractivity contribution in [2.75, 3.05) is 26.2 Å². The quantitative estimate of drug-likeness (QED) is 0.759. The summed E-state index contributed by atoms with van der Waals surface area (Å²) in [4.78, 5) is 13.4.